The van der Waals surface area contributed by atoms with Crippen LogP contribution in [0.1, 0.15) is 25.0 Å². The number of anilines is 1. The number of ether oxygens (including phenoxy) is 2. The molecule has 1 saturated heterocycles. The van der Waals surface area contributed by atoms with E-state index in [1.54, 1.807) is 18.2 Å². The maximum absolute atomic E-state index is 13.1. The lowest BCUT2D eigenvalue weighted by molar-refractivity contribution is -0.126. The first kappa shape index (κ1) is 21.5. The Hall–Kier alpha value is -2.74. The summed E-state index contributed by atoms with van der Waals surface area (Å²) < 4.78 is 24.6. The number of halogens is 1. The van der Waals surface area contributed by atoms with Crippen molar-refractivity contribution >= 4 is 29.3 Å². The lowest BCUT2D eigenvalue weighted by Gasteiger charge is -2.28. The molecule has 1 fully saturated rings. The van der Waals surface area contributed by atoms with E-state index in [-0.39, 0.29) is 29.0 Å². The van der Waals surface area contributed by atoms with E-state index in [1.807, 2.05) is 19.9 Å². The van der Waals surface area contributed by atoms with Gasteiger partial charge in [0.15, 0.2) is 0 Å². The normalized spacial score (nSPS) is 22.3. The molecule has 8 heteroatoms. The zero-order valence-corrected chi connectivity index (χ0v) is 18.3. The second-order valence-corrected chi connectivity index (χ2v) is 8.96. The van der Waals surface area contributed by atoms with Crippen molar-refractivity contribution in [3.8, 4) is 11.5 Å². The van der Waals surface area contributed by atoms with Gasteiger partial charge in [-0.15, -0.1) is 11.8 Å². The summed E-state index contributed by atoms with van der Waals surface area (Å²) in [5.41, 5.74) is 2.47. The summed E-state index contributed by atoms with van der Waals surface area (Å²) in [6.07, 6.45) is 1.37. The van der Waals surface area contributed by atoms with Crippen molar-refractivity contribution in [3.05, 3.63) is 53.3 Å². The summed E-state index contributed by atoms with van der Waals surface area (Å²) >= 11 is 1.43. The molecule has 2 aromatic carbocycles. The molecule has 6 nitrogen and oxygen atoms in total. The second-order valence-electron chi connectivity index (χ2n) is 7.72. The molecular weight excluding hydrogens is 419 g/mol. The molecule has 2 aliphatic rings. The molecule has 4 rings (SSSR count). The van der Waals surface area contributed by atoms with Gasteiger partial charge in [0, 0.05) is 23.8 Å². The molecule has 2 heterocycles. The number of amides is 2. The molecule has 31 heavy (non-hydrogen) atoms. The molecule has 0 unspecified atom stereocenters. The number of rotatable bonds is 6. The van der Waals surface area contributed by atoms with E-state index in [4.69, 9.17) is 9.47 Å². The minimum atomic E-state index is -0.649. The van der Waals surface area contributed by atoms with Crippen LogP contribution in [0.5, 0.6) is 11.5 Å². The van der Waals surface area contributed by atoms with Crippen molar-refractivity contribution in [2.45, 2.75) is 44.1 Å². The van der Waals surface area contributed by atoms with Gasteiger partial charge in [0.25, 0.3) is 0 Å². The van der Waals surface area contributed by atoms with Crippen molar-refractivity contribution in [1.82, 2.24) is 5.32 Å². The van der Waals surface area contributed by atoms with Crippen LogP contribution in [0.4, 0.5) is 10.1 Å². The van der Waals surface area contributed by atoms with Crippen LogP contribution in [0.2, 0.25) is 0 Å². The number of fused-ring (bicyclic) bond motifs is 1. The van der Waals surface area contributed by atoms with Gasteiger partial charge < -0.3 is 20.1 Å². The first-order chi connectivity index (χ1) is 14.9. The monoisotopic (exact) mass is 444 g/mol. The third-order valence-corrected chi connectivity index (χ3v) is 6.59. The van der Waals surface area contributed by atoms with Gasteiger partial charge >= 0.3 is 0 Å². The minimum Gasteiger partial charge on any atom is -0.492 e. The summed E-state index contributed by atoms with van der Waals surface area (Å²) in [7, 11) is 0. The van der Waals surface area contributed by atoms with E-state index in [2.05, 4.69) is 10.6 Å². The Morgan fingerprint density at radius 3 is 2.81 bits per heavy atom. The molecule has 0 aromatic heterocycles. The fourth-order valence-electron chi connectivity index (χ4n) is 3.75. The highest BCUT2D eigenvalue weighted by atomic mass is 32.2. The van der Waals surface area contributed by atoms with Crippen molar-refractivity contribution in [3.63, 3.8) is 0 Å². The molecule has 0 saturated carbocycles. The molecule has 2 amide bonds. The highest BCUT2D eigenvalue weighted by Crippen LogP contribution is 2.38. The largest absolute Gasteiger partial charge is 0.492 e. The Balaban J connectivity index is 1.40. The lowest BCUT2D eigenvalue weighted by atomic mass is 10.1. The first-order valence-corrected chi connectivity index (χ1v) is 11.4. The van der Waals surface area contributed by atoms with Gasteiger partial charge in [0.2, 0.25) is 11.8 Å². The zero-order chi connectivity index (χ0) is 22.0. The lowest BCUT2D eigenvalue weighted by Crippen LogP contribution is -2.52. The smallest absolute Gasteiger partial charge is 0.247 e. The van der Waals surface area contributed by atoms with Crippen molar-refractivity contribution < 1.29 is 23.5 Å². The number of thioether (sulfide) groups is 1. The quantitative estimate of drug-likeness (QED) is 0.715. The van der Waals surface area contributed by atoms with E-state index in [1.165, 1.54) is 23.9 Å². The molecule has 3 atom stereocenters. The second kappa shape index (κ2) is 9.18. The van der Waals surface area contributed by atoms with Gasteiger partial charge in [-0.1, -0.05) is 12.1 Å². The molecule has 0 radical (unpaired) electrons. The summed E-state index contributed by atoms with van der Waals surface area (Å²) in [4.78, 5) is 25.4. The fraction of sp³-hybridized carbons (Fsp3) is 0.391. The Kier molecular flexibility index (Phi) is 6.36. The minimum absolute atomic E-state index is 0.0856. The number of benzene rings is 2. The molecule has 0 spiro atoms. The number of nitrogens with one attached hydrogen (secondary N) is 2. The van der Waals surface area contributed by atoms with E-state index in [0.717, 1.165) is 23.3 Å². The van der Waals surface area contributed by atoms with Crippen LogP contribution in [-0.4, -0.2) is 41.6 Å². The molecule has 0 bridgehead atoms. The van der Waals surface area contributed by atoms with Crippen LogP contribution in [0.15, 0.2) is 36.4 Å². The molecule has 2 aliphatic heterocycles. The van der Waals surface area contributed by atoms with Gasteiger partial charge in [0.1, 0.15) is 29.5 Å². The third-order valence-electron chi connectivity index (χ3n) is 5.28. The van der Waals surface area contributed by atoms with Gasteiger partial charge in [-0.3, -0.25) is 9.59 Å². The summed E-state index contributed by atoms with van der Waals surface area (Å²) in [6.45, 7) is 4.35. The molecular formula is C23H25FN2O4S. The maximum atomic E-state index is 13.1. The van der Waals surface area contributed by atoms with E-state index in [9.17, 15) is 14.0 Å². The zero-order valence-electron chi connectivity index (χ0n) is 17.4. The molecule has 0 aliphatic carbocycles. The van der Waals surface area contributed by atoms with Gasteiger partial charge in [0.05, 0.1) is 17.5 Å². The summed E-state index contributed by atoms with van der Waals surface area (Å²) in [5.74, 6) is 0.985. The maximum Gasteiger partial charge on any atom is 0.247 e. The van der Waals surface area contributed by atoms with Crippen LogP contribution in [0.25, 0.3) is 0 Å². The highest BCUT2D eigenvalue weighted by molar-refractivity contribution is 8.00. The van der Waals surface area contributed by atoms with Crippen LogP contribution < -0.4 is 20.1 Å². The standard InChI is InChI=1S/C23H25FN2O4S/c1-3-29-20-10-15-8-13(2)30-19(15)11-17(20)25-22(27)18-12-31-21(23(28)26-18)9-14-4-6-16(24)7-5-14/h4-7,10-11,13,18,21H,3,8-9,12H2,1-2H3,(H,25,27)(H,26,28)/t13-,18-,21-/m0/s1. The van der Waals surface area contributed by atoms with E-state index < -0.39 is 6.04 Å². The number of hydrogen-bond acceptors (Lipinski definition) is 5. The Labute approximate surface area is 184 Å². The third kappa shape index (κ3) is 4.95. The van der Waals surface area contributed by atoms with E-state index in [0.29, 0.717) is 30.2 Å². The van der Waals surface area contributed by atoms with Gasteiger partial charge in [-0.2, -0.15) is 0 Å². The number of carbonyl (C=O) groups is 2. The van der Waals surface area contributed by atoms with E-state index >= 15 is 0 Å². The summed E-state index contributed by atoms with van der Waals surface area (Å²) in [6, 6.07) is 9.16. The first-order valence-electron chi connectivity index (χ1n) is 10.4. The number of hydrogen-bond donors (Lipinski definition) is 2. The average Bonchev–Trinajstić information content (AvgIpc) is 3.10. The SMILES string of the molecule is CCOc1cc2c(cc1NC(=O)[C@@H]1CS[C@@H](Cc3ccc(F)cc3)C(=O)N1)O[C@@H](C)C2. The van der Waals surface area contributed by atoms with Crippen molar-refractivity contribution in [2.75, 3.05) is 17.7 Å². The Morgan fingerprint density at radius 1 is 1.32 bits per heavy atom. The van der Waals surface area contributed by atoms with Crippen LogP contribution in [-0.2, 0) is 22.4 Å². The summed E-state index contributed by atoms with van der Waals surface area (Å²) in [5, 5.41) is 5.38. The molecule has 164 valence electrons. The Morgan fingerprint density at radius 2 is 2.10 bits per heavy atom. The fourth-order valence-corrected chi connectivity index (χ4v) is 4.94. The van der Waals surface area contributed by atoms with Crippen LogP contribution >= 0.6 is 11.8 Å². The van der Waals surface area contributed by atoms with Crippen molar-refractivity contribution in [1.29, 1.82) is 0 Å². The molecule has 2 N–H and O–H groups in total. The Bertz CT molecular complexity index is 982. The van der Waals surface area contributed by atoms with Gasteiger partial charge in [-0.25, -0.2) is 4.39 Å². The average molecular weight is 445 g/mol. The van der Waals surface area contributed by atoms with Crippen LogP contribution in [0, 0.1) is 5.82 Å². The van der Waals surface area contributed by atoms with Crippen LogP contribution in [0.3, 0.4) is 0 Å². The van der Waals surface area contributed by atoms with Crippen molar-refractivity contribution in [2.24, 2.45) is 0 Å². The number of carbonyl (C=O) groups excluding carboxylic acids is 2. The highest BCUT2D eigenvalue weighted by Gasteiger charge is 2.33. The van der Waals surface area contributed by atoms with Gasteiger partial charge in [-0.05, 0) is 44.0 Å². The molecule has 2 aromatic rings. The predicted octanol–water partition coefficient (Wildman–Crippen LogP) is 3.33. The predicted molar refractivity (Wildman–Crippen MR) is 118 cm³/mol. The topological polar surface area (TPSA) is 76.7 Å².